The number of aliphatic hydroxyl groups excluding tert-OH is 2. The van der Waals surface area contributed by atoms with Crippen LogP contribution in [0.3, 0.4) is 0 Å². The molecule has 0 spiro atoms. The van der Waals surface area contributed by atoms with Crippen LogP contribution in [0.1, 0.15) is 46.0 Å². The number of ether oxygens (including phenoxy) is 2. The summed E-state index contributed by atoms with van der Waals surface area (Å²) in [7, 11) is 0. The van der Waals surface area contributed by atoms with Gasteiger partial charge in [-0.25, -0.2) is 4.79 Å². The first-order valence-corrected chi connectivity index (χ1v) is 11.8. The Kier molecular flexibility index (Phi) is 6.57. The number of benzene rings is 1. The van der Waals surface area contributed by atoms with Gasteiger partial charge in [0.25, 0.3) is 5.69 Å². The molecular formula is C26H33NO7. The molecule has 1 aliphatic heterocycles. The topological polar surface area (TPSA) is 119 Å². The monoisotopic (exact) mass is 471 g/mol. The van der Waals surface area contributed by atoms with Crippen LogP contribution in [0.5, 0.6) is 5.75 Å². The normalized spacial score (nSPS) is 36.8. The largest absolute Gasteiger partial charge is 0.482 e. The maximum Gasteiger partial charge on any atom is 0.337 e. The van der Waals surface area contributed by atoms with E-state index in [-0.39, 0.29) is 36.2 Å². The summed E-state index contributed by atoms with van der Waals surface area (Å²) in [5, 5.41) is 31.7. The van der Waals surface area contributed by atoms with Crippen molar-refractivity contribution in [2.75, 3.05) is 13.2 Å². The van der Waals surface area contributed by atoms with E-state index in [1.165, 1.54) is 24.3 Å². The number of nitro benzene ring substituents is 1. The van der Waals surface area contributed by atoms with E-state index < -0.39 is 28.5 Å². The van der Waals surface area contributed by atoms with Crippen LogP contribution in [0.4, 0.5) is 5.69 Å². The number of rotatable bonds is 6. The van der Waals surface area contributed by atoms with E-state index >= 15 is 0 Å². The van der Waals surface area contributed by atoms with Crippen molar-refractivity contribution in [2.24, 2.45) is 22.7 Å². The van der Waals surface area contributed by atoms with Gasteiger partial charge in [-0.3, -0.25) is 10.1 Å². The van der Waals surface area contributed by atoms with Gasteiger partial charge in [-0.2, -0.15) is 0 Å². The predicted molar refractivity (Wildman–Crippen MR) is 125 cm³/mol. The Morgan fingerprint density at radius 1 is 1.29 bits per heavy atom. The van der Waals surface area contributed by atoms with Crippen molar-refractivity contribution in [1.29, 1.82) is 0 Å². The molecule has 8 nitrogen and oxygen atoms in total. The summed E-state index contributed by atoms with van der Waals surface area (Å²) in [6.45, 7) is 8.57. The average molecular weight is 472 g/mol. The van der Waals surface area contributed by atoms with E-state index in [0.29, 0.717) is 24.2 Å². The zero-order valence-corrected chi connectivity index (χ0v) is 19.7. The predicted octanol–water partition coefficient (Wildman–Crippen LogP) is 3.96. The minimum absolute atomic E-state index is 0.0343. The molecule has 3 fully saturated rings. The summed E-state index contributed by atoms with van der Waals surface area (Å²) in [5.74, 6) is 0.249. The molecule has 0 bridgehead atoms. The number of non-ortho nitro benzene ring substituents is 1. The Labute approximate surface area is 199 Å². The first kappa shape index (κ1) is 24.4. The Balaban J connectivity index is 1.54. The number of allylic oxidation sites excluding steroid dienone is 2. The molecule has 8 heteroatoms. The number of hydrogen-bond acceptors (Lipinski definition) is 7. The van der Waals surface area contributed by atoms with Gasteiger partial charge in [0.1, 0.15) is 12.4 Å². The first-order valence-electron chi connectivity index (χ1n) is 11.8. The van der Waals surface area contributed by atoms with Gasteiger partial charge >= 0.3 is 5.97 Å². The number of hydrogen-bond donors (Lipinski definition) is 2. The second-order valence-electron chi connectivity index (χ2n) is 10.4. The van der Waals surface area contributed by atoms with Gasteiger partial charge in [0.2, 0.25) is 0 Å². The maximum atomic E-state index is 12.5. The molecule has 3 aliphatic rings. The lowest BCUT2D eigenvalue weighted by Crippen LogP contribution is -2.57. The van der Waals surface area contributed by atoms with Gasteiger partial charge in [0.15, 0.2) is 6.10 Å². The van der Waals surface area contributed by atoms with E-state index in [4.69, 9.17) is 9.47 Å². The molecule has 2 saturated carbocycles. The van der Waals surface area contributed by atoms with Gasteiger partial charge in [-0.15, -0.1) is 0 Å². The van der Waals surface area contributed by atoms with Crippen LogP contribution >= 0.6 is 0 Å². The number of fused-ring (bicyclic) bond motifs is 1. The molecule has 0 amide bonds. The third-order valence-electron chi connectivity index (χ3n) is 8.54. The number of nitro groups is 1. The molecule has 2 N–H and O–H groups in total. The minimum atomic E-state index is -0.592. The number of nitrogens with zero attached hydrogens (tertiary/aromatic N) is 1. The highest BCUT2D eigenvalue weighted by Crippen LogP contribution is 2.61. The highest BCUT2D eigenvalue weighted by Gasteiger charge is 2.57. The summed E-state index contributed by atoms with van der Waals surface area (Å²) >= 11 is 0. The molecular weight excluding hydrogens is 438 g/mol. The van der Waals surface area contributed by atoms with Crippen molar-refractivity contribution in [3.05, 3.63) is 58.2 Å². The van der Waals surface area contributed by atoms with Gasteiger partial charge in [-0.1, -0.05) is 32.1 Å². The Bertz CT molecular complexity index is 1000. The van der Waals surface area contributed by atoms with Gasteiger partial charge < -0.3 is 19.7 Å². The van der Waals surface area contributed by atoms with Crippen LogP contribution < -0.4 is 4.74 Å². The third-order valence-corrected chi connectivity index (χ3v) is 8.54. The minimum Gasteiger partial charge on any atom is -0.482 e. The van der Waals surface area contributed by atoms with Crippen molar-refractivity contribution in [2.45, 2.75) is 58.2 Å². The fraction of sp³-hybridized carbons (Fsp3) is 0.577. The molecule has 184 valence electrons. The summed E-state index contributed by atoms with van der Waals surface area (Å²) in [6, 6.07) is 5.74. The third kappa shape index (κ3) is 4.14. The second kappa shape index (κ2) is 9.15. The molecule has 1 heterocycles. The van der Waals surface area contributed by atoms with Crippen molar-refractivity contribution in [3.63, 3.8) is 0 Å². The van der Waals surface area contributed by atoms with E-state index in [2.05, 4.69) is 13.5 Å². The zero-order chi connectivity index (χ0) is 24.7. The molecule has 2 unspecified atom stereocenters. The highest BCUT2D eigenvalue weighted by atomic mass is 16.6. The molecule has 6 atom stereocenters. The molecule has 4 rings (SSSR count). The Morgan fingerprint density at radius 3 is 2.65 bits per heavy atom. The van der Waals surface area contributed by atoms with Crippen molar-refractivity contribution in [3.8, 4) is 5.75 Å². The maximum absolute atomic E-state index is 12.5. The van der Waals surface area contributed by atoms with E-state index in [0.717, 1.165) is 24.8 Å². The molecule has 1 saturated heterocycles. The molecule has 1 aromatic rings. The first-order chi connectivity index (χ1) is 16.1. The smallest absolute Gasteiger partial charge is 0.337 e. The number of carbonyl (C=O) groups excluding carboxylic acids is 1. The molecule has 0 aromatic heterocycles. The quantitative estimate of drug-likeness (QED) is 0.212. The van der Waals surface area contributed by atoms with Crippen LogP contribution in [0.15, 0.2) is 48.1 Å². The summed E-state index contributed by atoms with van der Waals surface area (Å²) in [5.41, 5.74) is 0.824. The number of cyclic esters (lactones) is 1. The Morgan fingerprint density at radius 2 is 2.00 bits per heavy atom. The zero-order valence-electron chi connectivity index (χ0n) is 19.7. The van der Waals surface area contributed by atoms with Crippen LogP contribution in [-0.4, -0.2) is 46.5 Å². The Hall–Kier alpha value is -2.71. The van der Waals surface area contributed by atoms with E-state index in [9.17, 15) is 25.1 Å². The van der Waals surface area contributed by atoms with Gasteiger partial charge in [-0.05, 0) is 61.5 Å². The fourth-order valence-corrected chi connectivity index (χ4v) is 6.46. The van der Waals surface area contributed by atoms with Crippen molar-refractivity contribution >= 4 is 11.7 Å². The molecule has 2 aliphatic carbocycles. The summed E-state index contributed by atoms with van der Waals surface area (Å²) < 4.78 is 11.2. The second-order valence-corrected chi connectivity index (χ2v) is 10.4. The standard InChI is InChI=1S/C26H33NO7/c1-16-4-11-22-25(2,13-12-23(29)26(22,3)15-28)20(16)10-9-19-21(14-33-24(19)30)34-18-7-5-17(6-8-18)27(31)32/h5-9,20-23,28-29H,1,4,10-15H2,2-3H3/b19-9+/t20?,21-,22-,23?,25-,26-/m0/s1. The van der Waals surface area contributed by atoms with Crippen LogP contribution in [0.25, 0.3) is 0 Å². The lowest BCUT2D eigenvalue weighted by molar-refractivity contribution is -0.384. The van der Waals surface area contributed by atoms with E-state index in [1.54, 1.807) is 0 Å². The SMILES string of the molecule is C=C1CC[C@H]2[C@@](C)(CCC(O)[C@@]2(C)CO)C1C/C=C1/C(=O)OC[C@@H]1Oc1ccc([N+](=O)[O-])cc1. The van der Waals surface area contributed by atoms with Crippen molar-refractivity contribution in [1.82, 2.24) is 0 Å². The van der Waals surface area contributed by atoms with E-state index in [1.807, 2.05) is 13.0 Å². The molecule has 34 heavy (non-hydrogen) atoms. The van der Waals surface area contributed by atoms with Gasteiger partial charge in [0.05, 0.1) is 23.2 Å². The summed E-state index contributed by atoms with van der Waals surface area (Å²) in [4.78, 5) is 22.9. The lowest BCUT2D eigenvalue weighted by Gasteiger charge is -2.59. The molecule has 1 aromatic carbocycles. The van der Waals surface area contributed by atoms with Crippen LogP contribution in [0, 0.1) is 32.8 Å². The van der Waals surface area contributed by atoms with Gasteiger partial charge in [0, 0.05) is 17.5 Å². The number of carbonyl (C=O) groups is 1. The fourth-order valence-electron chi connectivity index (χ4n) is 6.46. The average Bonchev–Trinajstić information content (AvgIpc) is 3.15. The van der Waals surface area contributed by atoms with Crippen molar-refractivity contribution < 1.29 is 29.4 Å². The van der Waals surface area contributed by atoms with Crippen LogP contribution in [0.2, 0.25) is 0 Å². The highest BCUT2D eigenvalue weighted by molar-refractivity contribution is 5.91. The van der Waals surface area contributed by atoms with Crippen LogP contribution in [-0.2, 0) is 9.53 Å². The lowest BCUT2D eigenvalue weighted by atomic mass is 9.46. The molecule has 0 radical (unpaired) electrons. The number of aliphatic hydroxyl groups is 2. The summed E-state index contributed by atoms with van der Waals surface area (Å²) in [6.07, 6.45) is 4.50. The number of esters is 1.